The molecule has 141 heavy (non-hydrogen) atoms. The van der Waals surface area contributed by atoms with Crippen LogP contribution in [0.15, 0.2) is 476 Å². The lowest BCUT2D eigenvalue weighted by molar-refractivity contribution is 0.614. The normalized spacial score (nSPS) is 14.6. The lowest BCUT2D eigenvalue weighted by Gasteiger charge is -2.48. The maximum atomic E-state index is 7.25. The molecule has 0 unspecified atom stereocenters. The second-order valence-electron chi connectivity index (χ2n) is 39.1. The van der Waals surface area contributed by atoms with Gasteiger partial charge in [-0.1, -0.05) is 445 Å². The van der Waals surface area contributed by atoms with Crippen molar-refractivity contribution in [3.8, 4) is 135 Å². The van der Waals surface area contributed by atoms with E-state index in [1.54, 1.807) is 0 Å². The molecule has 0 N–H and O–H groups in total. The third-order valence-electron chi connectivity index (χ3n) is 32.2. The summed E-state index contributed by atoms with van der Waals surface area (Å²) >= 11 is 0. The molecule has 31 rings (SSSR count). The van der Waals surface area contributed by atoms with Crippen molar-refractivity contribution in [2.45, 2.75) is 40.9 Å². The molecule has 20 aromatic carbocycles. The first-order valence-corrected chi connectivity index (χ1v) is 48.8. The number of furan rings is 2. The van der Waals surface area contributed by atoms with Crippen molar-refractivity contribution in [1.29, 1.82) is 0 Å². The minimum absolute atomic E-state index is 0.186. The standard InChI is InChI=1S/C68H43N3O.C66H40N2O/c1-66(2)50-26-10-6-21-42(50)45-36-35-41(39-58(45)66)64-69-63(40-19-4-3-5-20-40)70-65(71-64)49-25-18-33-57-60(49)48-38-37-47-46-24-9-17-34-59(46)72-62(47)61(48)68(57)55-31-15-13-29-53(55)67(54-30-14-16-32-56(54)68)51-27-11-7-22-43(51)44-23-8-12-28-52(44)67;1-3-18-42(19-4-1)58-40-59(68-64(67-58)44-20-5-2-6-21-44)43-36-34-41(35-37-43)45-25-17-32-57-61(45)50-39-38-49-48-24-9-16-33-60(48)69-63(49)62(50)66(57)55-30-14-12-28-53(55)65(54-29-13-15-31-56(54)66)51-26-10-7-22-46(51)47-23-8-11-27-52(47)65/h3-39H,1-2H3;1-40H. The zero-order chi connectivity index (χ0) is 92.8. The first-order chi connectivity index (χ1) is 69.7. The number of nitrogens with zero attached hydrogens (tertiary/aromatic N) is 5. The Morgan fingerprint density at radius 1 is 0.170 bits per heavy atom. The van der Waals surface area contributed by atoms with E-state index in [4.69, 9.17) is 33.8 Å². The van der Waals surface area contributed by atoms with E-state index in [0.29, 0.717) is 23.3 Å². The Balaban J connectivity index is 0.000000132. The molecule has 0 saturated heterocycles. The molecule has 7 nitrogen and oxygen atoms in total. The van der Waals surface area contributed by atoms with Crippen LogP contribution >= 0.6 is 0 Å². The Hall–Kier alpha value is -17.9. The van der Waals surface area contributed by atoms with E-state index in [2.05, 4.69) is 451 Å². The van der Waals surface area contributed by atoms with Crippen molar-refractivity contribution in [3.05, 3.63) is 567 Å². The molecule has 4 aromatic heterocycles. The highest BCUT2D eigenvalue weighted by Gasteiger charge is 2.63. The maximum absolute atomic E-state index is 7.25. The van der Waals surface area contributed by atoms with E-state index in [9.17, 15) is 0 Å². The summed E-state index contributed by atoms with van der Waals surface area (Å²) in [6.45, 7) is 4.64. The molecule has 656 valence electrons. The largest absolute Gasteiger partial charge is 0.456 e. The van der Waals surface area contributed by atoms with Gasteiger partial charge in [-0.15, -0.1) is 0 Å². The molecule has 0 aliphatic heterocycles. The number of para-hydroxylation sites is 2. The molecular formula is C134H83N5O2. The minimum Gasteiger partial charge on any atom is -0.456 e. The van der Waals surface area contributed by atoms with E-state index >= 15 is 0 Å². The van der Waals surface area contributed by atoms with Gasteiger partial charge in [0.2, 0.25) is 0 Å². The predicted octanol–water partition coefficient (Wildman–Crippen LogP) is 32.2. The van der Waals surface area contributed by atoms with Crippen LogP contribution in [0.5, 0.6) is 0 Å². The third kappa shape index (κ3) is 10.6. The fourth-order valence-corrected chi connectivity index (χ4v) is 26.7. The summed E-state index contributed by atoms with van der Waals surface area (Å²) in [5.41, 5.74) is 45.9. The smallest absolute Gasteiger partial charge is 0.164 e. The van der Waals surface area contributed by atoms with Crippen molar-refractivity contribution in [3.63, 3.8) is 0 Å². The van der Waals surface area contributed by atoms with E-state index < -0.39 is 21.7 Å². The van der Waals surface area contributed by atoms with Crippen LogP contribution in [0.3, 0.4) is 0 Å². The average molecular weight is 1800 g/mol. The first kappa shape index (κ1) is 79.3. The molecule has 24 aromatic rings. The SMILES string of the molecule is CC1(C)c2ccccc2-c2ccc(-c3nc(-c4ccccc4)nc(-c4cccc5c4-c4ccc6c(oc7ccccc76)c4C54c5ccccc5C5(c6ccccc6-c6ccccc65)c5ccccc54)n3)cc21.c1ccc(-c2cc(-c3ccc(-c4cccc5c4-c4ccc6c(oc7ccccc76)c4C54c5ccccc5C5(c6ccccc6-c6ccccc65)c5ccccc54)cc3)nc(-c3ccccc3)n2)cc1. The summed E-state index contributed by atoms with van der Waals surface area (Å²) in [5, 5.41) is 4.45. The van der Waals surface area contributed by atoms with Crippen LogP contribution in [0.25, 0.3) is 179 Å². The van der Waals surface area contributed by atoms with E-state index in [1.807, 2.05) is 30.3 Å². The van der Waals surface area contributed by atoms with Gasteiger partial charge in [0.25, 0.3) is 0 Å². The Kier molecular flexibility index (Phi) is 16.6. The number of aromatic nitrogens is 5. The fourth-order valence-electron chi connectivity index (χ4n) is 26.7. The van der Waals surface area contributed by atoms with Crippen LogP contribution < -0.4 is 0 Å². The molecule has 0 fully saturated rings. The minimum atomic E-state index is -0.808. The molecular weight excluding hydrogens is 1710 g/mol. The zero-order valence-electron chi connectivity index (χ0n) is 77.0. The van der Waals surface area contributed by atoms with Crippen molar-refractivity contribution in [1.82, 2.24) is 24.9 Å². The number of rotatable bonds is 7. The maximum Gasteiger partial charge on any atom is 0.164 e. The van der Waals surface area contributed by atoms with Gasteiger partial charge in [0, 0.05) is 71.5 Å². The summed E-state index contributed by atoms with van der Waals surface area (Å²) in [5.74, 6) is 2.60. The highest BCUT2D eigenvalue weighted by Crippen LogP contribution is 2.72. The highest BCUT2D eigenvalue weighted by atomic mass is 16.3. The van der Waals surface area contributed by atoms with Crippen molar-refractivity contribution in [2.75, 3.05) is 0 Å². The quantitative estimate of drug-likeness (QED) is 0.157. The molecule has 0 saturated carbocycles. The molecule has 7 heteroatoms. The summed E-state index contributed by atoms with van der Waals surface area (Å²) in [6.07, 6.45) is 0. The average Bonchev–Trinajstić information content (AvgIpc) is 1.49. The van der Waals surface area contributed by atoms with Gasteiger partial charge in [-0.2, -0.15) is 0 Å². The Labute approximate surface area is 814 Å². The topological polar surface area (TPSA) is 90.7 Å². The number of benzene rings is 20. The van der Waals surface area contributed by atoms with E-state index in [1.165, 1.54) is 145 Å². The van der Waals surface area contributed by atoms with Gasteiger partial charge in [-0.25, -0.2) is 24.9 Å². The van der Waals surface area contributed by atoms with Crippen LogP contribution in [0.1, 0.15) is 114 Å². The summed E-state index contributed by atoms with van der Waals surface area (Å²) < 4.78 is 14.4. The third-order valence-corrected chi connectivity index (χ3v) is 32.2. The van der Waals surface area contributed by atoms with Gasteiger partial charge in [0.05, 0.1) is 33.0 Å². The molecule has 7 aliphatic carbocycles. The Morgan fingerprint density at radius 3 is 0.901 bits per heavy atom. The molecule has 7 aliphatic rings. The number of fused-ring (bicyclic) bond motifs is 43. The summed E-state index contributed by atoms with van der Waals surface area (Å²) in [4.78, 5) is 26.6. The van der Waals surface area contributed by atoms with E-state index in [0.717, 1.165) is 111 Å². The first-order valence-electron chi connectivity index (χ1n) is 48.8. The highest BCUT2D eigenvalue weighted by molar-refractivity contribution is 6.14. The molecule has 4 heterocycles. The lowest BCUT2D eigenvalue weighted by Crippen LogP contribution is -2.43. The van der Waals surface area contributed by atoms with Crippen LogP contribution in [-0.4, -0.2) is 24.9 Å². The molecule has 4 spiro atoms. The molecule has 0 radical (unpaired) electrons. The summed E-state index contributed by atoms with van der Waals surface area (Å²) in [7, 11) is 0. The lowest BCUT2D eigenvalue weighted by atomic mass is 9.52. The van der Waals surface area contributed by atoms with Gasteiger partial charge in [0.15, 0.2) is 23.3 Å². The molecule has 0 amide bonds. The van der Waals surface area contributed by atoms with Gasteiger partial charge in [-0.3, -0.25) is 0 Å². The monoisotopic (exact) mass is 1790 g/mol. The number of hydrogen-bond acceptors (Lipinski definition) is 7. The van der Waals surface area contributed by atoms with Crippen molar-refractivity contribution in [2.24, 2.45) is 0 Å². The second kappa shape index (κ2) is 29.6. The molecule has 0 atom stereocenters. The zero-order valence-corrected chi connectivity index (χ0v) is 77.0. The Bertz CT molecular complexity index is 9240. The van der Waals surface area contributed by atoms with Crippen molar-refractivity contribution >= 4 is 43.9 Å². The van der Waals surface area contributed by atoms with Gasteiger partial charge in [0.1, 0.15) is 22.3 Å². The van der Waals surface area contributed by atoms with Gasteiger partial charge < -0.3 is 8.83 Å². The van der Waals surface area contributed by atoms with Crippen LogP contribution in [-0.2, 0) is 27.1 Å². The van der Waals surface area contributed by atoms with Crippen LogP contribution in [0.2, 0.25) is 0 Å². The fraction of sp³-hybridized carbons (Fsp3) is 0.0522. The summed E-state index contributed by atoms with van der Waals surface area (Å²) in [6, 6.07) is 171. The van der Waals surface area contributed by atoms with Crippen LogP contribution in [0.4, 0.5) is 0 Å². The second-order valence-corrected chi connectivity index (χ2v) is 39.1. The Morgan fingerprint density at radius 2 is 0.461 bits per heavy atom. The van der Waals surface area contributed by atoms with Crippen LogP contribution in [0, 0.1) is 0 Å². The number of hydrogen-bond donors (Lipinski definition) is 0. The predicted molar refractivity (Wildman–Crippen MR) is 568 cm³/mol. The molecule has 0 bridgehead atoms. The van der Waals surface area contributed by atoms with Gasteiger partial charge >= 0.3 is 0 Å². The van der Waals surface area contributed by atoms with Gasteiger partial charge in [-0.05, 0) is 192 Å². The van der Waals surface area contributed by atoms with E-state index in [-0.39, 0.29) is 5.41 Å². The van der Waals surface area contributed by atoms with Crippen molar-refractivity contribution < 1.29 is 8.83 Å².